The van der Waals surface area contributed by atoms with Crippen LogP contribution in [0, 0.1) is 6.92 Å². The van der Waals surface area contributed by atoms with Crippen molar-refractivity contribution in [2.45, 2.75) is 39.0 Å². The molecule has 0 saturated heterocycles. The number of rotatable bonds is 6. The van der Waals surface area contributed by atoms with Gasteiger partial charge in [0.05, 0.1) is 6.61 Å². The van der Waals surface area contributed by atoms with Gasteiger partial charge in [-0.25, -0.2) is 0 Å². The molecule has 0 amide bonds. The molecule has 0 fully saturated rings. The lowest BCUT2D eigenvalue weighted by atomic mass is 10.2. The molecule has 11 heavy (non-hydrogen) atoms. The number of ether oxygens (including phenoxy) is 1. The predicted molar refractivity (Wildman–Crippen MR) is 45.1 cm³/mol. The van der Waals surface area contributed by atoms with Crippen molar-refractivity contribution in [1.29, 1.82) is 0 Å². The molecule has 0 aromatic carbocycles. The maximum absolute atomic E-state index is 10.8. The second kappa shape index (κ2) is 7.58. The van der Waals surface area contributed by atoms with E-state index in [1.54, 1.807) is 0 Å². The molecule has 0 spiro atoms. The summed E-state index contributed by atoms with van der Waals surface area (Å²) in [5.74, 6) is -0.0726. The maximum Gasteiger partial charge on any atom is 0.305 e. The van der Waals surface area contributed by atoms with E-state index in [-0.39, 0.29) is 5.97 Å². The van der Waals surface area contributed by atoms with Crippen molar-refractivity contribution in [3.63, 3.8) is 0 Å². The van der Waals surface area contributed by atoms with Crippen LogP contribution in [0.4, 0.5) is 0 Å². The second-order valence-corrected chi connectivity index (χ2v) is 2.47. The van der Waals surface area contributed by atoms with E-state index in [1.807, 2.05) is 6.92 Å². The summed E-state index contributed by atoms with van der Waals surface area (Å²) in [6.07, 6.45) is 4.66. The first kappa shape index (κ1) is 10.5. The van der Waals surface area contributed by atoms with Gasteiger partial charge in [0.1, 0.15) is 0 Å². The molecule has 65 valence electrons. The summed E-state index contributed by atoms with van der Waals surface area (Å²) in [7, 11) is 0. The molecular weight excluding hydrogens is 140 g/mol. The van der Waals surface area contributed by atoms with Crippen molar-refractivity contribution in [2.75, 3.05) is 6.61 Å². The Labute approximate surface area is 68.9 Å². The summed E-state index contributed by atoms with van der Waals surface area (Å²) in [5, 5.41) is 0. The standard InChI is InChI=1S/C9H17O2/c1-3-5-6-7-8-9(10)11-4-2/h1,3-8H2,2H3. The number of esters is 1. The van der Waals surface area contributed by atoms with E-state index in [0.29, 0.717) is 13.0 Å². The summed E-state index contributed by atoms with van der Waals surface area (Å²) < 4.78 is 4.77. The van der Waals surface area contributed by atoms with E-state index < -0.39 is 0 Å². The first-order valence-corrected chi connectivity index (χ1v) is 4.26. The fourth-order valence-electron chi connectivity index (χ4n) is 0.856. The third-order valence-corrected chi connectivity index (χ3v) is 1.44. The van der Waals surface area contributed by atoms with Crippen molar-refractivity contribution in [3.05, 3.63) is 6.92 Å². The minimum absolute atomic E-state index is 0.0726. The number of hydrogen-bond acceptors (Lipinski definition) is 2. The first-order valence-electron chi connectivity index (χ1n) is 4.26. The van der Waals surface area contributed by atoms with Crippen LogP contribution in [-0.4, -0.2) is 12.6 Å². The highest BCUT2D eigenvalue weighted by Crippen LogP contribution is 2.02. The Bertz CT molecular complexity index is 99.7. The van der Waals surface area contributed by atoms with E-state index in [2.05, 4.69) is 6.92 Å². The highest BCUT2D eigenvalue weighted by molar-refractivity contribution is 5.69. The minimum atomic E-state index is -0.0726. The molecule has 0 aliphatic carbocycles. The van der Waals surface area contributed by atoms with Gasteiger partial charge in [0.15, 0.2) is 0 Å². The molecule has 2 heteroatoms. The van der Waals surface area contributed by atoms with Crippen molar-refractivity contribution >= 4 is 5.97 Å². The van der Waals surface area contributed by atoms with Crippen LogP contribution in [0.15, 0.2) is 0 Å². The number of hydrogen-bond donors (Lipinski definition) is 0. The molecular formula is C9H17O2. The normalized spacial score (nSPS) is 9.64. The van der Waals surface area contributed by atoms with E-state index in [0.717, 1.165) is 25.7 Å². The van der Waals surface area contributed by atoms with E-state index >= 15 is 0 Å². The van der Waals surface area contributed by atoms with Gasteiger partial charge in [-0.15, -0.1) is 0 Å². The lowest BCUT2D eigenvalue weighted by Gasteiger charge is -2.00. The fraction of sp³-hybridized carbons (Fsp3) is 0.778. The van der Waals surface area contributed by atoms with Crippen LogP contribution < -0.4 is 0 Å². The number of carbonyl (C=O) groups excluding carboxylic acids is 1. The van der Waals surface area contributed by atoms with Gasteiger partial charge in [-0.1, -0.05) is 26.2 Å². The largest absolute Gasteiger partial charge is 0.466 e. The fourth-order valence-corrected chi connectivity index (χ4v) is 0.856. The quantitative estimate of drug-likeness (QED) is 0.437. The highest BCUT2D eigenvalue weighted by atomic mass is 16.5. The highest BCUT2D eigenvalue weighted by Gasteiger charge is 1.99. The molecule has 0 aliphatic rings. The third kappa shape index (κ3) is 7.37. The van der Waals surface area contributed by atoms with Crippen LogP contribution in [0.2, 0.25) is 0 Å². The monoisotopic (exact) mass is 157 g/mol. The van der Waals surface area contributed by atoms with Crippen LogP contribution in [0.25, 0.3) is 0 Å². The van der Waals surface area contributed by atoms with Crippen LogP contribution >= 0.6 is 0 Å². The lowest BCUT2D eigenvalue weighted by Crippen LogP contribution is -2.02. The maximum atomic E-state index is 10.8. The molecule has 0 aliphatic heterocycles. The van der Waals surface area contributed by atoms with E-state index in [4.69, 9.17) is 4.74 Å². The van der Waals surface area contributed by atoms with Gasteiger partial charge in [0.25, 0.3) is 0 Å². The van der Waals surface area contributed by atoms with Gasteiger partial charge in [-0.3, -0.25) is 4.79 Å². The molecule has 1 radical (unpaired) electrons. The molecule has 0 heterocycles. The van der Waals surface area contributed by atoms with Crippen molar-refractivity contribution in [2.24, 2.45) is 0 Å². The topological polar surface area (TPSA) is 26.3 Å². The first-order chi connectivity index (χ1) is 5.31. The van der Waals surface area contributed by atoms with E-state index in [1.165, 1.54) is 0 Å². The second-order valence-electron chi connectivity index (χ2n) is 2.47. The summed E-state index contributed by atoms with van der Waals surface area (Å²) in [5.41, 5.74) is 0. The van der Waals surface area contributed by atoms with Crippen LogP contribution in [0.5, 0.6) is 0 Å². The average Bonchev–Trinajstić information content (AvgIpc) is 1.99. The van der Waals surface area contributed by atoms with Gasteiger partial charge in [-0.2, -0.15) is 0 Å². The van der Waals surface area contributed by atoms with Crippen molar-refractivity contribution in [1.82, 2.24) is 0 Å². The average molecular weight is 157 g/mol. The Balaban J connectivity index is 3.04. The summed E-state index contributed by atoms with van der Waals surface area (Å²) >= 11 is 0. The zero-order valence-electron chi connectivity index (χ0n) is 7.27. The molecule has 0 aromatic rings. The van der Waals surface area contributed by atoms with Gasteiger partial charge < -0.3 is 4.74 Å². The van der Waals surface area contributed by atoms with Gasteiger partial charge in [0, 0.05) is 6.42 Å². The summed E-state index contributed by atoms with van der Waals surface area (Å²) in [6.45, 7) is 6.04. The van der Waals surface area contributed by atoms with Crippen LogP contribution in [0.1, 0.15) is 39.0 Å². The number of unbranched alkanes of at least 4 members (excludes halogenated alkanes) is 3. The Kier molecular flexibility index (Phi) is 7.21. The zero-order valence-corrected chi connectivity index (χ0v) is 7.27. The van der Waals surface area contributed by atoms with E-state index in [9.17, 15) is 4.79 Å². The predicted octanol–water partition coefficient (Wildman–Crippen LogP) is 2.33. The summed E-state index contributed by atoms with van der Waals surface area (Å²) in [4.78, 5) is 10.8. The minimum Gasteiger partial charge on any atom is -0.466 e. The molecule has 0 atom stereocenters. The molecule has 0 N–H and O–H groups in total. The molecule has 0 saturated carbocycles. The Hall–Kier alpha value is -0.530. The lowest BCUT2D eigenvalue weighted by molar-refractivity contribution is -0.143. The Morgan fingerprint density at radius 2 is 2.09 bits per heavy atom. The van der Waals surface area contributed by atoms with Crippen molar-refractivity contribution in [3.8, 4) is 0 Å². The SMILES string of the molecule is [CH2]CCCCCC(=O)OCC. The smallest absolute Gasteiger partial charge is 0.305 e. The van der Waals surface area contributed by atoms with Gasteiger partial charge in [-0.05, 0) is 13.3 Å². The Morgan fingerprint density at radius 1 is 1.36 bits per heavy atom. The Morgan fingerprint density at radius 3 is 2.64 bits per heavy atom. The molecule has 0 aromatic heterocycles. The van der Waals surface area contributed by atoms with Crippen LogP contribution in [0.3, 0.4) is 0 Å². The zero-order chi connectivity index (χ0) is 8.53. The van der Waals surface area contributed by atoms with Crippen molar-refractivity contribution < 1.29 is 9.53 Å². The molecule has 2 nitrogen and oxygen atoms in total. The number of carbonyl (C=O) groups is 1. The van der Waals surface area contributed by atoms with Gasteiger partial charge >= 0.3 is 5.97 Å². The molecule has 0 rings (SSSR count). The summed E-state index contributed by atoms with van der Waals surface area (Å²) in [6, 6.07) is 0. The van der Waals surface area contributed by atoms with Crippen LogP contribution in [-0.2, 0) is 9.53 Å². The molecule has 0 bridgehead atoms. The van der Waals surface area contributed by atoms with Gasteiger partial charge in [0.2, 0.25) is 0 Å². The third-order valence-electron chi connectivity index (χ3n) is 1.44. The molecule has 0 unspecified atom stereocenters.